The van der Waals surface area contributed by atoms with Gasteiger partial charge in [-0.05, 0) is 30.3 Å². The molecule has 4 rings (SSSR count). The Kier molecular flexibility index (Phi) is 6.68. The number of rotatable bonds is 8. The van der Waals surface area contributed by atoms with Crippen molar-refractivity contribution in [1.82, 2.24) is 19.6 Å². The molecule has 0 unspecified atom stereocenters. The van der Waals surface area contributed by atoms with E-state index in [1.807, 2.05) is 0 Å². The monoisotopic (exact) mass is 499 g/mol. The first kappa shape index (κ1) is 23.5. The fraction of sp³-hybridized carbons (Fsp3) is 0.190. The maximum Gasteiger partial charge on any atom is 0.292 e. The normalized spacial score (nSPS) is 11.5. The standard InChI is InChI=1S/C21H15ClF5N5O2/c22-13-2-1-3-14(23)12(13)10-31-7-6-18(30-31)28-21(33)17-5-4-11(34-17)9-32-16(20(26)27)8-15(29-32)19(24)25/h1-8,19-20H,9-10H2,(H,28,30,33). The van der Waals surface area contributed by atoms with Crippen LogP contribution in [0.15, 0.2) is 53.1 Å². The lowest BCUT2D eigenvalue weighted by Gasteiger charge is -2.06. The van der Waals surface area contributed by atoms with Crippen LogP contribution in [0.1, 0.15) is 46.1 Å². The van der Waals surface area contributed by atoms with E-state index in [2.05, 4.69) is 15.5 Å². The molecule has 0 aliphatic carbocycles. The maximum atomic E-state index is 14.0. The summed E-state index contributed by atoms with van der Waals surface area (Å²) in [4.78, 5) is 12.4. The quantitative estimate of drug-likeness (QED) is 0.316. The highest BCUT2D eigenvalue weighted by molar-refractivity contribution is 6.31. The number of carbonyl (C=O) groups is 1. The minimum Gasteiger partial charge on any atom is -0.454 e. The van der Waals surface area contributed by atoms with Crippen LogP contribution in [0.2, 0.25) is 5.02 Å². The van der Waals surface area contributed by atoms with Crippen molar-refractivity contribution in [1.29, 1.82) is 0 Å². The number of anilines is 1. The Balaban J connectivity index is 1.43. The van der Waals surface area contributed by atoms with Crippen molar-refractivity contribution in [3.63, 3.8) is 0 Å². The zero-order chi connectivity index (χ0) is 24.4. The van der Waals surface area contributed by atoms with Crippen LogP contribution in [-0.4, -0.2) is 25.5 Å². The van der Waals surface area contributed by atoms with Crippen molar-refractivity contribution in [2.24, 2.45) is 0 Å². The fourth-order valence-electron chi connectivity index (χ4n) is 3.13. The number of furan rings is 1. The van der Waals surface area contributed by atoms with E-state index in [1.54, 1.807) is 6.07 Å². The number of carbonyl (C=O) groups excluding carboxylic acids is 1. The number of hydrogen-bond acceptors (Lipinski definition) is 4. The van der Waals surface area contributed by atoms with E-state index in [9.17, 15) is 26.7 Å². The summed E-state index contributed by atoms with van der Waals surface area (Å²) < 4.78 is 73.3. The Labute approximate surface area is 193 Å². The maximum absolute atomic E-state index is 14.0. The first-order valence-corrected chi connectivity index (χ1v) is 10.1. The number of hydrogen-bond donors (Lipinski definition) is 1. The number of nitrogens with zero attached hydrogens (tertiary/aromatic N) is 4. The molecule has 0 saturated heterocycles. The van der Waals surface area contributed by atoms with Gasteiger partial charge in [-0.2, -0.15) is 10.2 Å². The SMILES string of the molecule is O=C(Nc1ccn(Cc2c(F)cccc2Cl)n1)c1ccc(Cn2nc(C(F)F)cc2C(F)F)o1. The van der Waals surface area contributed by atoms with Crippen LogP contribution >= 0.6 is 11.6 Å². The summed E-state index contributed by atoms with van der Waals surface area (Å²) in [5.41, 5.74) is -1.25. The van der Waals surface area contributed by atoms with Crippen LogP contribution in [0, 0.1) is 5.82 Å². The van der Waals surface area contributed by atoms with Gasteiger partial charge in [-0.15, -0.1) is 0 Å². The zero-order valence-electron chi connectivity index (χ0n) is 17.1. The molecule has 0 spiro atoms. The average molecular weight is 500 g/mol. The van der Waals surface area contributed by atoms with Crippen LogP contribution in [0.4, 0.5) is 27.8 Å². The molecule has 0 bridgehead atoms. The molecule has 3 aromatic heterocycles. The summed E-state index contributed by atoms with van der Waals surface area (Å²) in [5.74, 6) is -1.16. The molecule has 0 atom stereocenters. The van der Waals surface area contributed by atoms with Crippen molar-refractivity contribution in [3.8, 4) is 0 Å². The number of amides is 1. The van der Waals surface area contributed by atoms with Crippen molar-refractivity contribution < 1.29 is 31.2 Å². The van der Waals surface area contributed by atoms with Gasteiger partial charge in [0.25, 0.3) is 18.8 Å². The van der Waals surface area contributed by atoms with E-state index in [4.69, 9.17) is 16.0 Å². The van der Waals surface area contributed by atoms with Gasteiger partial charge in [0.2, 0.25) is 0 Å². The second-order valence-corrected chi connectivity index (χ2v) is 7.48. The average Bonchev–Trinajstić information content (AvgIpc) is 3.51. The first-order valence-electron chi connectivity index (χ1n) is 9.71. The second-order valence-electron chi connectivity index (χ2n) is 7.07. The van der Waals surface area contributed by atoms with Crippen molar-refractivity contribution in [2.75, 3.05) is 5.32 Å². The summed E-state index contributed by atoms with van der Waals surface area (Å²) in [7, 11) is 0. The third kappa shape index (κ3) is 5.11. The lowest BCUT2D eigenvalue weighted by atomic mass is 10.2. The molecule has 1 aromatic carbocycles. The Morgan fingerprint density at radius 1 is 1.06 bits per heavy atom. The molecule has 0 radical (unpaired) electrons. The minimum atomic E-state index is -3.02. The third-order valence-corrected chi connectivity index (χ3v) is 5.09. The van der Waals surface area contributed by atoms with E-state index in [0.29, 0.717) is 10.7 Å². The van der Waals surface area contributed by atoms with Crippen molar-refractivity contribution in [3.05, 3.63) is 88.0 Å². The molecular formula is C21H15ClF5N5O2. The van der Waals surface area contributed by atoms with E-state index in [0.717, 1.165) is 0 Å². The molecule has 0 saturated carbocycles. The van der Waals surface area contributed by atoms with Gasteiger partial charge in [0.15, 0.2) is 11.6 Å². The number of alkyl halides is 4. The Hall–Kier alpha value is -3.67. The molecular weight excluding hydrogens is 485 g/mol. The van der Waals surface area contributed by atoms with Crippen LogP contribution in [0.5, 0.6) is 0 Å². The molecule has 1 N–H and O–H groups in total. The molecule has 13 heteroatoms. The fourth-order valence-corrected chi connectivity index (χ4v) is 3.36. The topological polar surface area (TPSA) is 77.9 Å². The van der Waals surface area contributed by atoms with Gasteiger partial charge in [-0.1, -0.05) is 17.7 Å². The minimum absolute atomic E-state index is 0.0310. The van der Waals surface area contributed by atoms with Gasteiger partial charge in [0.05, 0.1) is 13.1 Å². The van der Waals surface area contributed by atoms with Gasteiger partial charge in [-0.3, -0.25) is 14.2 Å². The molecule has 34 heavy (non-hydrogen) atoms. The Morgan fingerprint density at radius 2 is 1.85 bits per heavy atom. The third-order valence-electron chi connectivity index (χ3n) is 4.73. The summed E-state index contributed by atoms with van der Waals surface area (Å²) >= 11 is 6.01. The molecule has 1 amide bonds. The second kappa shape index (κ2) is 9.67. The van der Waals surface area contributed by atoms with Crippen LogP contribution < -0.4 is 5.32 Å². The molecule has 178 valence electrons. The number of aromatic nitrogens is 4. The van der Waals surface area contributed by atoms with Crippen LogP contribution in [0.3, 0.4) is 0 Å². The summed E-state index contributed by atoms with van der Waals surface area (Å²) in [6.07, 6.45) is -4.52. The lowest BCUT2D eigenvalue weighted by molar-refractivity contribution is 0.0993. The Bertz CT molecular complexity index is 1300. The molecule has 0 fully saturated rings. The summed E-state index contributed by atoms with van der Waals surface area (Å²) in [5, 5.41) is 10.3. The summed E-state index contributed by atoms with van der Waals surface area (Å²) in [6, 6.07) is 9.02. The zero-order valence-corrected chi connectivity index (χ0v) is 17.8. The van der Waals surface area contributed by atoms with E-state index >= 15 is 0 Å². The Morgan fingerprint density at radius 3 is 2.56 bits per heavy atom. The van der Waals surface area contributed by atoms with Gasteiger partial charge in [0.1, 0.15) is 23.0 Å². The van der Waals surface area contributed by atoms with Crippen LogP contribution in [-0.2, 0) is 13.1 Å². The van der Waals surface area contributed by atoms with Gasteiger partial charge < -0.3 is 9.73 Å². The van der Waals surface area contributed by atoms with E-state index < -0.39 is 36.0 Å². The van der Waals surface area contributed by atoms with E-state index in [-0.39, 0.29) is 41.0 Å². The largest absolute Gasteiger partial charge is 0.454 e. The van der Waals surface area contributed by atoms with Crippen molar-refractivity contribution >= 4 is 23.3 Å². The van der Waals surface area contributed by atoms with Gasteiger partial charge in [-0.25, -0.2) is 22.0 Å². The highest BCUT2D eigenvalue weighted by atomic mass is 35.5. The molecule has 0 aliphatic rings. The summed E-state index contributed by atoms with van der Waals surface area (Å²) in [6.45, 7) is -0.346. The number of halogens is 6. The number of benzene rings is 1. The highest BCUT2D eigenvalue weighted by Crippen LogP contribution is 2.26. The lowest BCUT2D eigenvalue weighted by Crippen LogP contribution is -2.12. The number of nitrogens with one attached hydrogen (secondary N) is 1. The van der Waals surface area contributed by atoms with Gasteiger partial charge >= 0.3 is 0 Å². The highest BCUT2D eigenvalue weighted by Gasteiger charge is 2.22. The van der Waals surface area contributed by atoms with Crippen molar-refractivity contribution in [2.45, 2.75) is 25.9 Å². The molecule has 3 heterocycles. The first-order chi connectivity index (χ1) is 16.2. The van der Waals surface area contributed by atoms with E-state index in [1.165, 1.54) is 41.2 Å². The smallest absolute Gasteiger partial charge is 0.292 e. The predicted octanol–water partition coefficient (Wildman–Crippen LogP) is 5.69. The molecule has 4 aromatic rings. The molecule has 0 aliphatic heterocycles. The van der Waals surface area contributed by atoms with Gasteiger partial charge in [0, 0.05) is 22.8 Å². The molecule has 7 nitrogen and oxygen atoms in total. The predicted molar refractivity (Wildman–Crippen MR) is 111 cm³/mol. The van der Waals surface area contributed by atoms with Crippen LogP contribution in [0.25, 0.3) is 0 Å².